The van der Waals surface area contributed by atoms with E-state index in [1.165, 1.54) is 25.0 Å². The van der Waals surface area contributed by atoms with Crippen LogP contribution in [0.5, 0.6) is 0 Å². The van der Waals surface area contributed by atoms with E-state index in [-0.39, 0.29) is 17.9 Å². The van der Waals surface area contributed by atoms with Gasteiger partial charge in [0, 0.05) is 18.4 Å². The first-order valence-corrected chi connectivity index (χ1v) is 6.75. The summed E-state index contributed by atoms with van der Waals surface area (Å²) >= 11 is 0. The van der Waals surface area contributed by atoms with E-state index in [0.717, 1.165) is 11.4 Å². The summed E-state index contributed by atoms with van der Waals surface area (Å²) in [6, 6.07) is 7.25. The van der Waals surface area contributed by atoms with Gasteiger partial charge in [0.15, 0.2) is 0 Å². The molecule has 4 heteroatoms. The molecule has 2 atom stereocenters. The summed E-state index contributed by atoms with van der Waals surface area (Å²) in [5.74, 6) is 1.41. The molecule has 1 fully saturated rings. The van der Waals surface area contributed by atoms with Crippen LogP contribution in [-0.2, 0) is 0 Å². The lowest BCUT2D eigenvalue weighted by atomic mass is 10.0. The number of aromatic amines is 1. The lowest BCUT2D eigenvalue weighted by molar-refractivity contribution is 0.417. The fourth-order valence-electron chi connectivity index (χ4n) is 2.47. The second-order valence-electron chi connectivity index (χ2n) is 5.23. The molecular formula is C15H18FN3. The quantitative estimate of drug-likeness (QED) is 0.864. The number of halogens is 1. The molecular weight excluding hydrogens is 241 g/mol. The molecule has 3 nitrogen and oxygen atoms in total. The van der Waals surface area contributed by atoms with Crippen LogP contribution in [0, 0.1) is 11.7 Å². The van der Waals surface area contributed by atoms with Gasteiger partial charge in [-0.15, -0.1) is 0 Å². The number of hydrogen-bond donors (Lipinski definition) is 2. The van der Waals surface area contributed by atoms with E-state index in [1.807, 2.05) is 18.3 Å². The van der Waals surface area contributed by atoms with Crippen molar-refractivity contribution < 1.29 is 4.39 Å². The maximum absolute atomic E-state index is 13.0. The van der Waals surface area contributed by atoms with Crippen molar-refractivity contribution in [1.82, 2.24) is 15.3 Å². The summed E-state index contributed by atoms with van der Waals surface area (Å²) < 4.78 is 13.0. The Morgan fingerprint density at radius 3 is 2.63 bits per heavy atom. The maximum Gasteiger partial charge on any atom is 0.123 e. The van der Waals surface area contributed by atoms with Crippen LogP contribution in [-0.4, -0.2) is 9.97 Å². The van der Waals surface area contributed by atoms with Crippen LogP contribution >= 0.6 is 0 Å². The predicted molar refractivity (Wildman–Crippen MR) is 72.0 cm³/mol. The molecule has 100 valence electrons. The van der Waals surface area contributed by atoms with Crippen LogP contribution < -0.4 is 5.32 Å². The minimum absolute atomic E-state index is 0.158. The molecule has 0 aliphatic heterocycles. The lowest BCUT2D eigenvalue weighted by Crippen LogP contribution is -2.27. The van der Waals surface area contributed by atoms with Crippen LogP contribution in [0.1, 0.15) is 43.2 Å². The van der Waals surface area contributed by atoms with Gasteiger partial charge in [-0.1, -0.05) is 12.1 Å². The van der Waals surface area contributed by atoms with Gasteiger partial charge in [0.2, 0.25) is 0 Å². The van der Waals surface area contributed by atoms with E-state index in [2.05, 4.69) is 22.2 Å². The molecule has 1 aliphatic rings. The Morgan fingerprint density at radius 2 is 2.05 bits per heavy atom. The average molecular weight is 259 g/mol. The molecule has 0 radical (unpaired) electrons. The molecule has 1 aromatic carbocycles. The first-order valence-electron chi connectivity index (χ1n) is 6.75. The first kappa shape index (κ1) is 12.4. The van der Waals surface area contributed by atoms with Gasteiger partial charge in [0.05, 0.1) is 6.04 Å². The lowest BCUT2D eigenvalue weighted by Gasteiger charge is -2.22. The van der Waals surface area contributed by atoms with Crippen molar-refractivity contribution >= 4 is 0 Å². The normalized spacial score (nSPS) is 18.2. The molecule has 2 N–H and O–H groups in total. The Morgan fingerprint density at radius 1 is 1.32 bits per heavy atom. The number of hydrogen-bond acceptors (Lipinski definition) is 2. The van der Waals surface area contributed by atoms with Gasteiger partial charge in [-0.3, -0.25) is 0 Å². The molecule has 0 amide bonds. The molecule has 2 aromatic rings. The third-order valence-corrected chi connectivity index (χ3v) is 3.68. The second-order valence-corrected chi connectivity index (χ2v) is 5.23. The largest absolute Gasteiger partial charge is 0.347 e. The van der Waals surface area contributed by atoms with Crippen LogP contribution in [0.3, 0.4) is 0 Å². The zero-order valence-electron chi connectivity index (χ0n) is 10.9. The highest BCUT2D eigenvalue weighted by molar-refractivity contribution is 5.22. The SMILES string of the molecule is CC(NC(c1ccc(F)cc1)C1CC1)c1ncc[nH]1. The molecule has 0 saturated heterocycles. The van der Waals surface area contributed by atoms with E-state index < -0.39 is 0 Å². The molecule has 1 heterocycles. The molecule has 0 bridgehead atoms. The first-order chi connectivity index (χ1) is 9.24. The Bertz CT molecular complexity index is 517. The Balaban J connectivity index is 1.76. The predicted octanol–water partition coefficient (Wildman–Crippen LogP) is 3.35. The number of rotatable bonds is 5. The highest BCUT2D eigenvalue weighted by Crippen LogP contribution is 2.42. The highest BCUT2D eigenvalue weighted by Gasteiger charge is 2.33. The number of H-pyrrole nitrogens is 1. The van der Waals surface area contributed by atoms with Crippen molar-refractivity contribution in [3.05, 3.63) is 53.9 Å². The molecule has 1 saturated carbocycles. The van der Waals surface area contributed by atoms with Crippen LogP contribution in [0.15, 0.2) is 36.7 Å². The number of nitrogens with zero attached hydrogens (tertiary/aromatic N) is 1. The van der Waals surface area contributed by atoms with Gasteiger partial charge in [-0.05, 0) is 43.4 Å². The summed E-state index contributed by atoms with van der Waals surface area (Å²) in [6.07, 6.45) is 6.06. The fourth-order valence-corrected chi connectivity index (χ4v) is 2.47. The van der Waals surface area contributed by atoms with Gasteiger partial charge in [0.1, 0.15) is 11.6 Å². The van der Waals surface area contributed by atoms with Gasteiger partial charge < -0.3 is 10.3 Å². The maximum atomic E-state index is 13.0. The van der Waals surface area contributed by atoms with Gasteiger partial charge >= 0.3 is 0 Å². The fraction of sp³-hybridized carbons (Fsp3) is 0.400. The molecule has 0 spiro atoms. The standard InChI is InChI=1S/C15H18FN3/c1-10(15-17-8-9-18-15)19-14(11-2-3-11)12-4-6-13(16)7-5-12/h4-11,14,19H,2-3H2,1H3,(H,17,18). The minimum Gasteiger partial charge on any atom is -0.347 e. The van der Waals surface area contributed by atoms with Crippen molar-refractivity contribution in [3.8, 4) is 0 Å². The Labute approximate surface area is 112 Å². The van der Waals surface area contributed by atoms with E-state index >= 15 is 0 Å². The minimum atomic E-state index is -0.183. The third kappa shape index (κ3) is 2.84. The zero-order valence-corrected chi connectivity index (χ0v) is 10.9. The Hall–Kier alpha value is -1.68. The van der Waals surface area contributed by atoms with Crippen LogP contribution in [0.25, 0.3) is 0 Å². The van der Waals surface area contributed by atoms with Crippen LogP contribution in [0.2, 0.25) is 0 Å². The van der Waals surface area contributed by atoms with E-state index in [9.17, 15) is 4.39 Å². The van der Waals surface area contributed by atoms with Crippen molar-refractivity contribution in [2.75, 3.05) is 0 Å². The summed E-state index contributed by atoms with van der Waals surface area (Å²) in [5.41, 5.74) is 1.15. The molecule has 19 heavy (non-hydrogen) atoms. The van der Waals surface area contributed by atoms with Crippen LogP contribution in [0.4, 0.5) is 4.39 Å². The number of nitrogens with one attached hydrogen (secondary N) is 2. The zero-order chi connectivity index (χ0) is 13.2. The summed E-state index contributed by atoms with van der Waals surface area (Å²) in [5, 5.41) is 3.60. The van der Waals surface area contributed by atoms with E-state index in [4.69, 9.17) is 0 Å². The number of imidazole rings is 1. The van der Waals surface area contributed by atoms with E-state index in [0.29, 0.717) is 5.92 Å². The number of aromatic nitrogens is 2. The molecule has 1 aromatic heterocycles. The third-order valence-electron chi connectivity index (χ3n) is 3.68. The van der Waals surface area contributed by atoms with Gasteiger partial charge in [0.25, 0.3) is 0 Å². The topological polar surface area (TPSA) is 40.7 Å². The summed E-state index contributed by atoms with van der Waals surface area (Å²) in [7, 11) is 0. The average Bonchev–Trinajstić information content (AvgIpc) is 3.10. The van der Waals surface area contributed by atoms with Gasteiger partial charge in [-0.25, -0.2) is 9.37 Å². The highest BCUT2D eigenvalue weighted by atomic mass is 19.1. The monoisotopic (exact) mass is 259 g/mol. The summed E-state index contributed by atoms with van der Waals surface area (Å²) in [6.45, 7) is 2.09. The van der Waals surface area contributed by atoms with E-state index in [1.54, 1.807) is 6.20 Å². The second kappa shape index (κ2) is 5.13. The Kier molecular flexibility index (Phi) is 3.34. The van der Waals surface area contributed by atoms with Crippen molar-refractivity contribution in [3.63, 3.8) is 0 Å². The molecule has 3 rings (SSSR count). The molecule has 2 unspecified atom stereocenters. The molecule has 1 aliphatic carbocycles. The number of benzene rings is 1. The van der Waals surface area contributed by atoms with Crippen molar-refractivity contribution in [1.29, 1.82) is 0 Å². The smallest absolute Gasteiger partial charge is 0.123 e. The van der Waals surface area contributed by atoms with Crippen molar-refractivity contribution in [2.45, 2.75) is 31.8 Å². The summed E-state index contributed by atoms with van der Waals surface area (Å²) in [4.78, 5) is 7.41. The van der Waals surface area contributed by atoms with Crippen molar-refractivity contribution in [2.24, 2.45) is 5.92 Å². The van der Waals surface area contributed by atoms with Gasteiger partial charge in [-0.2, -0.15) is 0 Å².